The summed E-state index contributed by atoms with van der Waals surface area (Å²) in [6.45, 7) is 5.77. The van der Waals surface area contributed by atoms with Crippen molar-refractivity contribution in [3.05, 3.63) is 0 Å². The van der Waals surface area contributed by atoms with E-state index in [-0.39, 0.29) is 11.7 Å². The molecule has 5 nitrogen and oxygen atoms in total. The maximum absolute atomic E-state index is 10.8. The van der Waals surface area contributed by atoms with Gasteiger partial charge in [0.05, 0.1) is 18.0 Å². The molecule has 1 heterocycles. The molecule has 1 atom stereocenters. The molecule has 0 aliphatic carbocycles. The smallest absolute Gasteiger partial charge is 0.208 e. The molecule has 0 saturated carbocycles. The molecule has 0 radical (unpaired) electrons. The summed E-state index contributed by atoms with van der Waals surface area (Å²) in [5.74, 6) is 0. The number of sulfonamides is 1. The Morgan fingerprint density at radius 3 is 2.71 bits per heavy atom. The van der Waals surface area contributed by atoms with Crippen molar-refractivity contribution in [1.29, 1.82) is 0 Å². The van der Waals surface area contributed by atoms with Gasteiger partial charge in [-0.1, -0.05) is 0 Å². The maximum Gasteiger partial charge on any atom is 0.208 e. The zero-order chi connectivity index (χ0) is 10.8. The van der Waals surface area contributed by atoms with Crippen LogP contribution in [-0.2, 0) is 14.8 Å². The summed E-state index contributed by atoms with van der Waals surface area (Å²) in [6.07, 6.45) is 1.06. The predicted molar refractivity (Wildman–Crippen MR) is 54.7 cm³/mol. The largest absolute Gasteiger partial charge is 0.368 e. The number of hydrogen-bond acceptors (Lipinski definition) is 4. The molecule has 84 valence electrons. The second-order valence-electron chi connectivity index (χ2n) is 4.25. The van der Waals surface area contributed by atoms with Gasteiger partial charge < -0.3 is 10.1 Å². The molecular weight excluding hydrogens is 204 g/mol. The zero-order valence-electron chi connectivity index (χ0n) is 8.83. The summed E-state index contributed by atoms with van der Waals surface area (Å²) in [5, 5.41) is 3.20. The van der Waals surface area contributed by atoms with E-state index in [0.29, 0.717) is 13.1 Å². The van der Waals surface area contributed by atoms with Gasteiger partial charge in [0.1, 0.15) is 0 Å². The first-order chi connectivity index (χ1) is 6.29. The van der Waals surface area contributed by atoms with Gasteiger partial charge in [0, 0.05) is 19.6 Å². The van der Waals surface area contributed by atoms with Crippen molar-refractivity contribution in [3.8, 4) is 0 Å². The van der Waals surface area contributed by atoms with Crippen LogP contribution in [0.1, 0.15) is 13.8 Å². The fourth-order valence-electron chi connectivity index (χ4n) is 1.43. The van der Waals surface area contributed by atoms with Crippen LogP contribution in [0.2, 0.25) is 0 Å². The Labute approximate surface area is 85.3 Å². The third kappa shape index (κ3) is 4.36. The molecule has 0 aromatic rings. The van der Waals surface area contributed by atoms with Crippen molar-refractivity contribution in [2.75, 3.05) is 25.9 Å². The van der Waals surface area contributed by atoms with Gasteiger partial charge in [-0.05, 0) is 13.8 Å². The Morgan fingerprint density at radius 2 is 2.21 bits per heavy atom. The highest BCUT2D eigenvalue weighted by atomic mass is 32.2. The number of hydrogen-bond donors (Lipinski definition) is 2. The predicted octanol–water partition coefficient (Wildman–Crippen LogP) is -0.697. The zero-order valence-corrected chi connectivity index (χ0v) is 9.65. The summed E-state index contributed by atoms with van der Waals surface area (Å²) in [5.41, 5.74) is -0.220. The molecule has 1 aliphatic rings. The lowest BCUT2D eigenvalue weighted by Gasteiger charge is -2.36. The maximum atomic E-state index is 10.8. The van der Waals surface area contributed by atoms with E-state index in [4.69, 9.17) is 4.74 Å². The highest BCUT2D eigenvalue weighted by molar-refractivity contribution is 7.88. The molecule has 2 N–H and O–H groups in total. The standard InChI is InChI=1S/C8H18N2O3S/c1-8(2)6-9-4-7(13-8)5-10-14(3,11)12/h7,9-10H,4-6H2,1-3H3/t7-/m0/s1. The Kier molecular flexibility index (Phi) is 3.52. The highest BCUT2D eigenvalue weighted by Gasteiger charge is 2.28. The van der Waals surface area contributed by atoms with E-state index in [2.05, 4.69) is 10.0 Å². The Bertz CT molecular complexity index is 287. The van der Waals surface area contributed by atoms with E-state index in [0.717, 1.165) is 12.8 Å². The Hall–Kier alpha value is -0.170. The molecule has 0 amide bonds. The molecular formula is C8H18N2O3S. The van der Waals surface area contributed by atoms with Gasteiger partial charge in [0.15, 0.2) is 0 Å². The quantitative estimate of drug-likeness (QED) is 0.663. The van der Waals surface area contributed by atoms with Crippen LogP contribution in [0.25, 0.3) is 0 Å². The average Bonchev–Trinajstić information content (AvgIpc) is 1.98. The molecule has 1 fully saturated rings. The van der Waals surface area contributed by atoms with Crippen LogP contribution in [0.5, 0.6) is 0 Å². The van der Waals surface area contributed by atoms with Gasteiger partial charge in [-0.25, -0.2) is 13.1 Å². The lowest BCUT2D eigenvalue weighted by Crippen LogP contribution is -2.53. The lowest BCUT2D eigenvalue weighted by atomic mass is 10.1. The number of rotatable bonds is 3. The van der Waals surface area contributed by atoms with E-state index in [1.54, 1.807) is 0 Å². The average molecular weight is 222 g/mol. The van der Waals surface area contributed by atoms with E-state index in [1.165, 1.54) is 0 Å². The van der Waals surface area contributed by atoms with Crippen molar-refractivity contribution >= 4 is 10.0 Å². The summed E-state index contributed by atoms with van der Waals surface area (Å²) in [6, 6.07) is 0. The highest BCUT2D eigenvalue weighted by Crippen LogP contribution is 2.14. The van der Waals surface area contributed by atoms with Crippen LogP contribution in [-0.4, -0.2) is 46.0 Å². The summed E-state index contributed by atoms with van der Waals surface area (Å²) < 4.78 is 29.8. The molecule has 0 aromatic carbocycles. The van der Waals surface area contributed by atoms with Gasteiger partial charge in [-0.2, -0.15) is 0 Å². The van der Waals surface area contributed by atoms with Crippen LogP contribution in [0, 0.1) is 0 Å². The van der Waals surface area contributed by atoms with Crippen LogP contribution in [0.4, 0.5) is 0 Å². The monoisotopic (exact) mass is 222 g/mol. The van der Waals surface area contributed by atoms with Crippen molar-refractivity contribution in [3.63, 3.8) is 0 Å². The molecule has 0 unspecified atom stereocenters. The van der Waals surface area contributed by atoms with E-state index < -0.39 is 10.0 Å². The first kappa shape index (κ1) is 11.9. The van der Waals surface area contributed by atoms with Gasteiger partial charge in [0.25, 0.3) is 0 Å². The van der Waals surface area contributed by atoms with Crippen molar-refractivity contribution < 1.29 is 13.2 Å². The van der Waals surface area contributed by atoms with Crippen LogP contribution in [0.15, 0.2) is 0 Å². The number of nitrogens with one attached hydrogen (secondary N) is 2. The minimum Gasteiger partial charge on any atom is -0.368 e. The third-order valence-corrected chi connectivity index (χ3v) is 2.67. The second-order valence-corrected chi connectivity index (χ2v) is 6.08. The minimum atomic E-state index is -3.12. The lowest BCUT2D eigenvalue weighted by molar-refractivity contribution is -0.0903. The summed E-state index contributed by atoms with van der Waals surface area (Å²) in [7, 11) is -3.12. The summed E-state index contributed by atoms with van der Waals surface area (Å²) >= 11 is 0. The third-order valence-electron chi connectivity index (χ3n) is 1.98. The first-order valence-electron chi connectivity index (χ1n) is 4.62. The minimum absolute atomic E-state index is 0.0894. The van der Waals surface area contributed by atoms with E-state index >= 15 is 0 Å². The second kappa shape index (κ2) is 4.14. The molecule has 0 spiro atoms. The van der Waals surface area contributed by atoms with Crippen LogP contribution in [0.3, 0.4) is 0 Å². The van der Waals surface area contributed by atoms with Gasteiger partial charge in [0.2, 0.25) is 10.0 Å². The van der Waals surface area contributed by atoms with Gasteiger partial charge in [-0.15, -0.1) is 0 Å². The van der Waals surface area contributed by atoms with Crippen molar-refractivity contribution in [2.45, 2.75) is 25.6 Å². The van der Waals surface area contributed by atoms with Crippen LogP contribution >= 0.6 is 0 Å². The van der Waals surface area contributed by atoms with Crippen molar-refractivity contribution in [2.24, 2.45) is 0 Å². The molecule has 14 heavy (non-hydrogen) atoms. The Balaban J connectivity index is 2.39. The van der Waals surface area contributed by atoms with E-state index in [9.17, 15) is 8.42 Å². The molecule has 0 bridgehead atoms. The molecule has 6 heteroatoms. The fraction of sp³-hybridized carbons (Fsp3) is 1.00. The normalized spacial score (nSPS) is 27.5. The Morgan fingerprint density at radius 1 is 1.57 bits per heavy atom. The first-order valence-corrected chi connectivity index (χ1v) is 6.51. The number of morpholine rings is 1. The molecule has 1 aliphatic heterocycles. The molecule has 0 aromatic heterocycles. The van der Waals surface area contributed by atoms with Crippen LogP contribution < -0.4 is 10.0 Å². The molecule has 1 rings (SSSR count). The summed E-state index contributed by atoms with van der Waals surface area (Å²) in [4.78, 5) is 0. The SMILES string of the molecule is CC1(C)CNC[C@@H](CNS(C)(=O)=O)O1. The van der Waals surface area contributed by atoms with Crippen molar-refractivity contribution in [1.82, 2.24) is 10.0 Å². The molecule has 1 saturated heterocycles. The fourth-order valence-corrected chi connectivity index (χ4v) is 1.92. The van der Waals surface area contributed by atoms with Gasteiger partial charge in [-0.3, -0.25) is 0 Å². The van der Waals surface area contributed by atoms with E-state index in [1.807, 2.05) is 13.8 Å². The number of ether oxygens (including phenoxy) is 1. The topological polar surface area (TPSA) is 67.4 Å². The van der Waals surface area contributed by atoms with Gasteiger partial charge >= 0.3 is 0 Å².